The largest absolute Gasteiger partial charge is 0.495 e. The number of benzene rings is 1. The molecule has 2 N–H and O–H groups in total. The van der Waals surface area contributed by atoms with E-state index < -0.39 is 10.0 Å². The van der Waals surface area contributed by atoms with E-state index >= 15 is 0 Å². The maximum absolute atomic E-state index is 13.3. The van der Waals surface area contributed by atoms with Crippen LogP contribution in [0.25, 0.3) is 31.8 Å². The fourth-order valence-corrected chi connectivity index (χ4v) is 6.27. The number of hydrogen-bond donors (Lipinski definition) is 2. The van der Waals surface area contributed by atoms with Gasteiger partial charge in [-0.3, -0.25) is 14.8 Å². The van der Waals surface area contributed by atoms with Crippen LogP contribution in [0.2, 0.25) is 5.02 Å². The van der Waals surface area contributed by atoms with Gasteiger partial charge in [-0.1, -0.05) is 17.7 Å². The van der Waals surface area contributed by atoms with Crippen molar-refractivity contribution in [2.75, 3.05) is 11.8 Å². The predicted molar refractivity (Wildman–Crippen MR) is 134 cm³/mol. The summed E-state index contributed by atoms with van der Waals surface area (Å²) in [5.41, 5.74) is 3.47. The van der Waals surface area contributed by atoms with E-state index in [9.17, 15) is 8.42 Å². The smallest absolute Gasteiger partial charge is 0.261 e. The molecule has 11 heteroatoms. The predicted octanol–water partition coefficient (Wildman–Crippen LogP) is 5.52. The van der Waals surface area contributed by atoms with E-state index in [1.165, 1.54) is 23.5 Å². The Morgan fingerprint density at radius 1 is 1.12 bits per heavy atom. The number of fused-ring (bicyclic) bond motifs is 1. The standard InChI is InChI=1S/C23H18ClN5O3S2/c1-13-6-19(29-34(30,31)18-5-3-4-16(24)8-18)21-20(14-7-17(32-2)12-25-9-14)22(33-23(21)28-13)15-10-26-27-11-15/h3-12H,1-2H3,(H,26,27)(H,28,29). The van der Waals surface area contributed by atoms with Crippen LogP contribution < -0.4 is 9.46 Å². The number of aryl methyl sites for hydroxylation is 1. The van der Waals surface area contributed by atoms with E-state index in [0.717, 1.165) is 21.6 Å². The lowest BCUT2D eigenvalue weighted by atomic mass is 10.0. The third kappa shape index (κ3) is 4.11. The van der Waals surface area contributed by atoms with Crippen molar-refractivity contribution >= 4 is 48.9 Å². The Morgan fingerprint density at radius 2 is 1.97 bits per heavy atom. The molecule has 0 saturated heterocycles. The maximum atomic E-state index is 13.3. The number of aromatic amines is 1. The first kappa shape index (κ1) is 22.3. The summed E-state index contributed by atoms with van der Waals surface area (Å²) in [7, 11) is -2.35. The SMILES string of the molecule is COc1cncc(-c2c(-c3cn[nH]c3)sc3nc(C)cc(NS(=O)(=O)c4cccc(Cl)c4)c23)c1. The van der Waals surface area contributed by atoms with Crippen molar-refractivity contribution in [1.82, 2.24) is 20.2 Å². The molecule has 34 heavy (non-hydrogen) atoms. The molecule has 0 atom stereocenters. The molecule has 0 saturated carbocycles. The molecule has 0 fully saturated rings. The number of sulfonamides is 1. The van der Waals surface area contributed by atoms with Crippen LogP contribution in [-0.2, 0) is 10.0 Å². The van der Waals surface area contributed by atoms with Gasteiger partial charge in [0.2, 0.25) is 0 Å². The number of halogens is 1. The molecule has 172 valence electrons. The zero-order chi connectivity index (χ0) is 23.9. The van der Waals surface area contributed by atoms with Gasteiger partial charge in [-0.25, -0.2) is 13.4 Å². The van der Waals surface area contributed by atoms with E-state index in [2.05, 4.69) is 19.9 Å². The molecule has 0 aliphatic heterocycles. The van der Waals surface area contributed by atoms with Gasteiger partial charge < -0.3 is 4.74 Å². The van der Waals surface area contributed by atoms with Gasteiger partial charge in [-0.2, -0.15) is 5.10 Å². The number of pyridine rings is 2. The zero-order valence-corrected chi connectivity index (χ0v) is 20.4. The molecule has 4 heterocycles. The van der Waals surface area contributed by atoms with Crippen LogP contribution in [0.5, 0.6) is 5.75 Å². The number of thiophene rings is 1. The van der Waals surface area contributed by atoms with Crippen LogP contribution >= 0.6 is 22.9 Å². The van der Waals surface area contributed by atoms with Gasteiger partial charge in [0.1, 0.15) is 10.6 Å². The van der Waals surface area contributed by atoms with Crippen LogP contribution in [0.4, 0.5) is 5.69 Å². The Kier molecular flexibility index (Phi) is 5.72. The van der Waals surface area contributed by atoms with E-state index in [4.69, 9.17) is 21.3 Å². The fourth-order valence-electron chi connectivity index (χ4n) is 3.66. The number of methoxy groups -OCH3 is 1. The number of H-pyrrole nitrogens is 1. The van der Waals surface area contributed by atoms with Crippen molar-refractivity contribution in [3.8, 4) is 27.3 Å². The van der Waals surface area contributed by atoms with Crippen LogP contribution in [0.15, 0.2) is 66.1 Å². The number of nitrogens with zero attached hydrogens (tertiary/aromatic N) is 3. The first-order valence-electron chi connectivity index (χ1n) is 10.1. The average molecular weight is 512 g/mol. The topological polar surface area (TPSA) is 110 Å². The Labute approximate surface area is 204 Å². The highest BCUT2D eigenvalue weighted by atomic mass is 35.5. The summed E-state index contributed by atoms with van der Waals surface area (Å²) < 4.78 is 34.6. The number of nitrogens with one attached hydrogen (secondary N) is 2. The minimum atomic E-state index is -3.92. The van der Waals surface area contributed by atoms with E-state index in [1.54, 1.807) is 50.1 Å². The van der Waals surface area contributed by atoms with Gasteiger partial charge in [0.05, 0.1) is 30.1 Å². The molecule has 0 bridgehead atoms. The molecule has 0 spiro atoms. The van der Waals surface area contributed by atoms with Crippen molar-refractivity contribution in [2.24, 2.45) is 0 Å². The van der Waals surface area contributed by atoms with Crippen molar-refractivity contribution in [1.29, 1.82) is 0 Å². The van der Waals surface area contributed by atoms with E-state index in [0.29, 0.717) is 32.4 Å². The molecule has 0 aliphatic rings. The zero-order valence-electron chi connectivity index (χ0n) is 18.0. The lowest BCUT2D eigenvalue weighted by molar-refractivity contribution is 0.413. The third-order valence-electron chi connectivity index (χ3n) is 5.14. The van der Waals surface area contributed by atoms with Crippen LogP contribution in [0.3, 0.4) is 0 Å². The summed E-state index contributed by atoms with van der Waals surface area (Å²) in [6, 6.07) is 9.70. The van der Waals surface area contributed by atoms with Gasteiger partial charge in [0.15, 0.2) is 0 Å². The minimum Gasteiger partial charge on any atom is -0.495 e. The molecule has 8 nitrogen and oxygen atoms in total. The first-order valence-corrected chi connectivity index (χ1v) is 12.7. The molecule has 1 aromatic carbocycles. The van der Waals surface area contributed by atoms with Crippen molar-refractivity contribution in [3.05, 3.63) is 71.9 Å². The number of rotatable bonds is 6. The Hall–Kier alpha value is -3.47. The van der Waals surface area contributed by atoms with Crippen molar-refractivity contribution in [2.45, 2.75) is 11.8 Å². The molecular formula is C23H18ClN5O3S2. The molecule has 0 aliphatic carbocycles. The van der Waals surface area contributed by atoms with Gasteiger partial charge >= 0.3 is 0 Å². The van der Waals surface area contributed by atoms with Crippen LogP contribution in [0.1, 0.15) is 5.69 Å². The lowest BCUT2D eigenvalue weighted by Gasteiger charge is -2.12. The molecule has 4 aromatic heterocycles. The summed E-state index contributed by atoms with van der Waals surface area (Å²) in [4.78, 5) is 10.6. The van der Waals surface area contributed by atoms with Gasteiger partial charge in [-0.15, -0.1) is 11.3 Å². The normalized spacial score (nSPS) is 11.6. The third-order valence-corrected chi connectivity index (χ3v) is 7.87. The molecule has 0 radical (unpaired) electrons. The van der Waals surface area contributed by atoms with E-state index in [-0.39, 0.29) is 4.90 Å². The minimum absolute atomic E-state index is 0.0671. The number of ether oxygens (including phenoxy) is 1. The summed E-state index contributed by atoms with van der Waals surface area (Å²) in [5.74, 6) is 0.580. The number of anilines is 1. The first-order chi connectivity index (χ1) is 16.4. The Morgan fingerprint density at radius 3 is 2.71 bits per heavy atom. The monoisotopic (exact) mass is 511 g/mol. The fraction of sp³-hybridized carbons (Fsp3) is 0.0870. The number of hydrogen-bond acceptors (Lipinski definition) is 7. The lowest BCUT2D eigenvalue weighted by Crippen LogP contribution is -2.13. The second-order valence-electron chi connectivity index (χ2n) is 7.46. The van der Waals surface area contributed by atoms with Gasteiger partial charge in [0.25, 0.3) is 10.0 Å². The van der Waals surface area contributed by atoms with Crippen molar-refractivity contribution in [3.63, 3.8) is 0 Å². The molecule has 5 rings (SSSR count). The quantitative estimate of drug-likeness (QED) is 0.310. The molecular weight excluding hydrogens is 494 g/mol. The van der Waals surface area contributed by atoms with Gasteiger partial charge in [-0.05, 0) is 37.3 Å². The molecule has 0 amide bonds. The molecule has 5 aromatic rings. The van der Waals surface area contributed by atoms with Gasteiger partial charge in [0, 0.05) is 50.1 Å². The number of aromatic nitrogens is 4. The van der Waals surface area contributed by atoms with Crippen LogP contribution in [-0.4, -0.2) is 35.7 Å². The average Bonchev–Trinajstić information content (AvgIpc) is 3.47. The Balaban J connectivity index is 1.78. The molecule has 0 unspecified atom stereocenters. The highest BCUT2D eigenvalue weighted by Crippen LogP contribution is 2.47. The second-order valence-corrected chi connectivity index (χ2v) is 10.6. The van der Waals surface area contributed by atoms with E-state index in [1.807, 2.05) is 13.0 Å². The highest BCUT2D eigenvalue weighted by molar-refractivity contribution is 7.92. The second kappa shape index (κ2) is 8.71. The van der Waals surface area contributed by atoms with Crippen LogP contribution in [0, 0.1) is 6.92 Å². The Bertz CT molecular complexity index is 1620. The highest BCUT2D eigenvalue weighted by Gasteiger charge is 2.24. The summed E-state index contributed by atoms with van der Waals surface area (Å²) >= 11 is 7.49. The maximum Gasteiger partial charge on any atom is 0.261 e. The summed E-state index contributed by atoms with van der Waals surface area (Å²) in [6.07, 6.45) is 6.82. The summed E-state index contributed by atoms with van der Waals surface area (Å²) in [5, 5.41) is 7.91. The van der Waals surface area contributed by atoms with Crippen molar-refractivity contribution < 1.29 is 13.2 Å². The summed E-state index contributed by atoms with van der Waals surface area (Å²) in [6.45, 7) is 1.82.